The molecule has 0 aliphatic heterocycles. The quantitative estimate of drug-likeness (QED) is 0.523. The maximum Gasteiger partial charge on any atom is 0.344 e. The van der Waals surface area contributed by atoms with Crippen LogP contribution in [-0.2, 0) is 23.9 Å². The van der Waals surface area contributed by atoms with Gasteiger partial charge in [-0.1, -0.05) is 20.8 Å². The average molecular weight is 244 g/mol. The normalized spacial score (nSPS) is 10.8. The Morgan fingerprint density at radius 2 is 1.65 bits per heavy atom. The van der Waals surface area contributed by atoms with Crippen LogP contribution in [0.25, 0.3) is 0 Å². The molecule has 0 spiro atoms. The van der Waals surface area contributed by atoms with Crippen molar-refractivity contribution in [1.82, 2.24) is 0 Å². The number of hydrogen-bond donors (Lipinski definition) is 0. The van der Waals surface area contributed by atoms with Gasteiger partial charge < -0.3 is 9.47 Å². The number of esters is 2. The van der Waals surface area contributed by atoms with E-state index in [1.807, 2.05) is 20.8 Å². The summed E-state index contributed by atoms with van der Waals surface area (Å²) in [6, 6.07) is 0. The lowest BCUT2D eigenvalue weighted by Crippen LogP contribution is -2.21. The van der Waals surface area contributed by atoms with Gasteiger partial charge in [0, 0.05) is 18.8 Å². The number of Topliss-reactive ketones (excluding diaryl/α,β-unsaturated/α-hetero) is 1. The lowest BCUT2D eigenvalue weighted by Gasteiger charge is -2.16. The third-order valence-electron chi connectivity index (χ3n) is 2.04. The zero-order valence-corrected chi connectivity index (χ0v) is 10.9. The predicted octanol–water partition coefficient (Wildman–Crippen LogP) is 1.49. The molecule has 0 atom stereocenters. The smallest absolute Gasteiger partial charge is 0.344 e. The van der Waals surface area contributed by atoms with Gasteiger partial charge in [-0.15, -0.1) is 0 Å². The van der Waals surface area contributed by atoms with E-state index in [4.69, 9.17) is 4.74 Å². The van der Waals surface area contributed by atoms with Crippen molar-refractivity contribution in [1.29, 1.82) is 0 Å². The van der Waals surface area contributed by atoms with Crippen LogP contribution in [0.15, 0.2) is 0 Å². The molecule has 0 aromatic rings. The number of carbonyl (C=O) groups excluding carboxylic acids is 3. The van der Waals surface area contributed by atoms with Gasteiger partial charge in [0.05, 0.1) is 6.61 Å². The van der Waals surface area contributed by atoms with E-state index in [-0.39, 0.29) is 24.4 Å². The Kier molecular flexibility index (Phi) is 6.46. The summed E-state index contributed by atoms with van der Waals surface area (Å²) < 4.78 is 9.24. The fourth-order valence-electron chi connectivity index (χ4n) is 0.996. The second-order valence-electron chi connectivity index (χ2n) is 4.78. The molecule has 0 aliphatic carbocycles. The fraction of sp³-hybridized carbons (Fsp3) is 0.750. The molecule has 5 heteroatoms. The summed E-state index contributed by atoms with van der Waals surface area (Å²) in [5.41, 5.74) is -0.359. The van der Waals surface area contributed by atoms with E-state index in [1.165, 1.54) is 6.92 Å². The lowest BCUT2D eigenvalue weighted by molar-refractivity contribution is -0.157. The van der Waals surface area contributed by atoms with Gasteiger partial charge in [0.25, 0.3) is 0 Å². The zero-order chi connectivity index (χ0) is 13.5. The largest absolute Gasteiger partial charge is 0.463 e. The summed E-state index contributed by atoms with van der Waals surface area (Å²) in [4.78, 5) is 32.9. The first kappa shape index (κ1) is 15.6. The number of rotatable bonds is 6. The zero-order valence-electron chi connectivity index (χ0n) is 10.9. The van der Waals surface area contributed by atoms with Crippen LogP contribution in [0.5, 0.6) is 0 Å². The van der Waals surface area contributed by atoms with Crippen LogP contribution in [0.2, 0.25) is 0 Å². The first-order valence-corrected chi connectivity index (χ1v) is 5.56. The van der Waals surface area contributed by atoms with Gasteiger partial charge in [0.1, 0.15) is 5.78 Å². The first-order chi connectivity index (χ1) is 7.73. The van der Waals surface area contributed by atoms with Crippen LogP contribution >= 0.6 is 0 Å². The van der Waals surface area contributed by atoms with Crippen molar-refractivity contribution in [2.45, 2.75) is 40.5 Å². The molecule has 0 N–H and O–H groups in total. The molecule has 0 unspecified atom stereocenters. The molecule has 0 fully saturated rings. The Bertz CT molecular complexity index is 288. The van der Waals surface area contributed by atoms with Crippen molar-refractivity contribution in [2.75, 3.05) is 13.2 Å². The molecule has 0 radical (unpaired) electrons. The van der Waals surface area contributed by atoms with Crippen molar-refractivity contribution >= 4 is 17.7 Å². The van der Waals surface area contributed by atoms with Crippen LogP contribution in [0, 0.1) is 5.41 Å². The third-order valence-corrected chi connectivity index (χ3v) is 2.04. The fourth-order valence-corrected chi connectivity index (χ4v) is 0.996. The van der Waals surface area contributed by atoms with Crippen LogP contribution < -0.4 is 0 Å². The maximum atomic E-state index is 11.5. The topological polar surface area (TPSA) is 69.7 Å². The lowest BCUT2D eigenvalue weighted by atomic mass is 9.88. The second kappa shape index (κ2) is 7.04. The van der Waals surface area contributed by atoms with Crippen LogP contribution in [-0.4, -0.2) is 30.9 Å². The van der Waals surface area contributed by atoms with Crippen LogP contribution in [0.1, 0.15) is 40.5 Å². The Morgan fingerprint density at radius 3 is 2.12 bits per heavy atom. The number of ether oxygens (including phenoxy) is 2. The van der Waals surface area contributed by atoms with Gasteiger partial charge in [-0.3, -0.25) is 9.59 Å². The monoisotopic (exact) mass is 244 g/mol. The highest BCUT2D eigenvalue weighted by molar-refractivity contribution is 5.83. The van der Waals surface area contributed by atoms with Crippen LogP contribution in [0.3, 0.4) is 0 Å². The van der Waals surface area contributed by atoms with E-state index in [2.05, 4.69) is 4.74 Å². The van der Waals surface area contributed by atoms with Gasteiger partial charge in [-0.25, -0.2) is 4.79 Å². The molecule has 98 valence electrons. The maximum absolute atomic E-state index is 11.5. The summed E-state index contributed by atoms with van der Waals surface area (Å²) in [6.45, 7) is 6.56. The van der Waals surface area contributed by atoms with E-state index in [9.17, 15) is 14.4 Å². The summed E-state index contributed by atoms with van der Waals surface area (Å²) in [5.74, 6) is -0.984. The van der Waals surface area contributed by atoms with Crippen molar-refractivity contribution < 1.29 is 23.9 Å². The van der Waals surface area contributed by atoms with Crippen molar-refractivity contribution in [3.63, 3.8) is 0 Å². The van der Waals surface area contributed by atoms with E-state index in [0.29, 0.717) is 12.8 Å². The highest BCUT2D eigenvalue weighted by Crippen LogP contribution is 2.17. The molecule has 0 heterocycles. The van der Waals surface area contributed by atoms with Crippen molar-refractivity contribution in [3.8, 4) is 0 Å². The molecule has 17 heavy (non-hydrogen) atoms. The molecule has 0 rings (SSSR count). The summed E-state index contributed by atoms with van der Waals surface area (Å²) in [5, 5.41) is 0. The minimum Gasteiger partial charge on any atom is -0.463 e. The van der Waals surface area contributed by atoms with Gasteiger partial charge in [0.15, 0.2) is 6.61 Å². The van der Waals surface area contributed by atoms with E-state index in [1.54, 1.807) is 0 Å². The van der Waals surface area contributed by atoms with Gasteiger partial charge in [-0.2, -0.15) is 0 Å². The predicted molar refractivity (Wildman–Crippen MR) is 61.3 cm³/mol. The first-order valence-electron chi connectivity index (χ1n) is 5.56. The molecule has 0 aliphatic rings. The number of ketones is 1. The van der Waals surface area contributed by atoms with Crippen LogP contribution in [0.4, 0.5) is 0 Å². The van der Waals surface area contributed by atoms with Crippen molar-refractivity contribution in [2.24, 2.45) is 5.41 Å². The minimum absolute atomic E-state index is 0.133. The Morgan fingerprint density at radius 1 is 1.06 bits per heavy atom. The average Bonchev–Trinajstić information content (AvgIpc) is 2.19. The molecule has 0 saturated heterocycles. The highest BCUT2D eigenvalue weighted by atomic mass is 16.6. The number of hydrogen-bond acceptors (Lipinski definition) is 5. The third kappa shape index (κ3) is 8.42. The van der Waals surface area contributed by atoms with E-state index < -0.39 is 11.9 Å². The Hall–Kier alpha value is -1.39. The Labute approximate surface area is 101 Å². The van der Waals surface area contributed by atoms with E-state index in [0.717, 1.165) is 0 Å². The molecular formula is C12H20O5. The minimum atomic E-state index is -0.594. The van der Waals surface area contributed by atoms with Gasteiger partial charge in [0.2, 0.25) is 0 Å². The molecule has 0 aromatic heterocycles. The SMILES string of the molecule is CC(=O)OCC(=O)OCCCC(=O)C(C)(C)C. The molecular weight excluding hydrogens is 224 g/mol. The molecule has 0 amide bonds. The summed E-state index contributed by atoms with van der Waals surface area (Å²) >= 11 is 0. The molecule has 0 aromatic carbocycles. The highest BCUT2D eigenvalue weighted by Gasteiger charge is 2.20. The van der Waals surface area contributed by atoms with Gasteiger partial charge >= 0.3 is 11.9 Å². The second-order valence-corrected chi connectivity index (χ2v) is 4.78. The van der Waals surface area contributed by atoms with Gasteiger partial charge in [-0.05, 0) is 6.42 Å². The molecule has 0 bridgehead atoms. The molecule has 0 saturated carbocycles. The summed E-state index contributed by atoms with van der Waals surface area (Å²) in [6.07, 6.45) is 0.867. The standard InChI is InChI=1S/C12H20O5/c1-9(13)17-8-11(15)16-7-5-6-10(14)12(2,3)4/h5-8H2,1-4H3. The summed E-state index contributed by atoms with van der Waals surface area (Å²) in [7, 11) is 0. The molecule has 5 nitrogen and oxygen atoms in total. The Balaban J connectivity index is 3.62. The number of carbonyl (C=O) groups is 3. The van der Waals surface area contributed by atoms with Crippen molar-refractivity contribution in [3.05, 3.63) is 0 Å². The van der Waals surface area contributed by atoms with E-state index >= 15 is 0 Å².